The molecule has 0 radical (unpaired) electrons. The summed E-state index contributed by atoms with van der Waals surface area (Å²) in [5.74, 6) is -0.445. The highest BCUT2D eigenvalue weighted by atomic mass is 19.1. The topological polar surface area (TPSA) is 43.4 Å². The Morgan fingerprint density at radius 2 is 1.89 bits per heavy atom. The Kier molecular flexibility index (Phi) is 4.59. The lowest BCUT2D eigenvalue weighted by Gasteiger charge is -2.19. The zero-order valence-corrected chi connectivity index (χ0v) is 10.8. The highest BCUT2D eigenvalue weighted by Gasteiger charge is 2.18. The number of carbonyl (C=O) groups excluding carboxylic acids is 2. The van der Waals surface area contributed by atoms with Crippen LogP contribution in [0.15, 0.2) is 24.3 Å². The second kappa shape index (κ2) is 5.76. The third kappa shape index (κ3) is 4.28. The largest absolute Gasteiger partial charge is 0.456 e. The van der Waals surface area contributed by atoms with Crippen LogP contribution in [0.25, 0.3) is 0 Å². The van der Waals surface area contributed by atoms with Gasteiger partial charge in [0, 0.05) is 6.42 Å². The SMILES string of the molecule is CC(C)(C)OC(=O)c1ccc(C(F)CC=O)cc1. The van der Waals surface area contributed by atoms with E-state index in [-0.39, 0.29) is 6.42 Å². The second-order valence-electron chi connectivity index (χ2n) is 4.99. The molecular formula is C14H17FO3. The molecule has 0 N–H and O–H groups in total. The summed E-state index contributed by atoms with van der Waals surface area (Å²) in [6.45, 7) is 5.34. The van der Waals surface area contributed by atoms with Gasteiger partial charge >= 0.3 is 5.97 Å². The fourth-order valence-electron chi connectivity index (χ4n) is 1.39. The van der Waals surface area contributed by atoms with Crippen LogP contribution in [0.1, 0.15) is 49.3 Å². The molecule has 1 atom stereocenters. The number of esters is 1. The van der Waals surface area contributed by atoms with Gasteiger partial charge in [-0.15, -0.1) is 0 Å². The van der Waals surface area contributed by atoms with Crippen molar-refractivity contribution < 1.29 is 18.7 Å². The van der Waals surface area contributed by atoms with E-state index in [0.29, 0.717) is 17.4 Å². The molecule has 0 aliphatic heterocycles. The summed E-state index contributed by atoms with van der Waals surface area (Å²) >= 11 is 0. The van der Waals surface area contributed by atoms with Crippen LogP contribution in [-0.4, -0.2) is 17.9 Å². The second-order valence-corrected chi connectivity index (χ2v) is 4.99. The fourth-order valence-corrected chi connectivity index (χ4v) is 1.39. The minimum Gasteiger partial charge on any atom is -0.456 e. The predicted octanol–water partition coefficient (Wildman–Crippen LogP) is 3.24. The minimum atomic E-state index is -1.32. The van der Waals surface area contributed by atoms with E-state index in [1.165, 1.54) is 24.3 Å². The number of benzene rings is 1. The number of alkyl halides is 1. The van der Waals surface area contributed by atoms with Crippen LogP contribution in [0.2, 0.25) is 0 Å². The number of rotatable bonds is 4. The molecule has 1 aromatic rings. The zero-order chi connectivity index (χ0) is 13.8. The molecular weight excluding hydrogens is 235 g/mol. The van der Waals surface area contributed by atoms with E-state index in [4.69, 9.17) is 4.74 Å². The lowest BCUT2D eigenvalue weighted by molar-refractivity contribution is -0.108. The first kappa shape index (κ1) is 14.4. The third-order valence-electron chi connectivity index (χ3n) is 2.21. The molecule has 0 aromatic heterocycles. The van der Waals surface area contributed by atoms with E-state index in [9.17, 15) is 14.0 Å². The van der Waals surface area contributed by atoms with Gasteiger partial charge in [0.15, 0.2) is 0 Å². The smallest absolute Gasteiger partial charge is 0.338 e. The normalized spacial score (nSPS) is 12.9. The van der Waals surface area contributed by atoms with E-state index in [2.05, 4.69) is 0 Å². The molecule has 98 valence electrons. The summed E-state index contributed by atoms with van der Waals surface area (Å²) in [7, 11) is 0. The first-order chi connectivity index (χ1) is 8.33. The summed E-state index contributed by atoms with van der Waals surface area (Å²) in [6.07, 6.45) is -0.965. The van der Waals surface area contributed by atoms with Gasteiger partial charge in [-0.25, -0.2) is 9.18 Å². The van der Waals surface area contributed by atoms with Crippen LogP contribution in [0, 0.1) is 0 Å². The number of hydrogen-bond donors (Lipinski definition) is 0. The molecule has 0 aliphatic rings. The Morgan fingerprint density at radius 1 is 1.33 bits per heavy atom. The fraction of sp³-hybridized carbons (Fsp3) is 0.429. The van der Waals surface area contributed by atoms with E-state index in [1.807, 2.05) is 0 Å². The van der Waals surface area contributed by atoms with Gasteiger partial charge < -0.3 is 9.53 Å². The number of carbonyl (C=O) groups is 2. The van der Waals surface area contributed by atoms with Crippen LogP contribution in [0.5, 0.6) is 0 Å². The predicted molar refractivity (Wildman–Crippen MR) is 66.1 cm³/mol. The monoisotopic (exact) mass is 252 g/mol. The summed E-state index contributed by atoms with van der Waals surface area (Å²) in [5.41, 5.74) is 0.192. The number of ether oxygens (including phenoxy) is 1. The Balaban J connectivity index is 2.76. The van der Waals surface area contributed by atoms with Gasteiger partial charge in [-0.3, -0.25) is 0 Å². The molecule has 3 nitrogen and oxygen atoms in total. The molecule has 0 amide bonds. The lowest BCUT2D eigenvalue weighted by Crippen LogP contribution is -2.23. The molecule has 0 fully saturated rings. The van der Waals surface area contributed by atoms with E-state index >= 15 is 0 Å². The number of hydrogen-bond acceptors (Lipinski definition) is 3. The van der Waals surface area contributed by atoms with Crippen LogP contribution in [0.3, 0.4) is 0 Å². The van der Waals surface area contributed by atoms with Gasteiger partial charge in [-0.2, -0.15) is 0 Å². The molecule has 0 saturated carbocycles. The van der Waals surface area contributed by atoms with Crippen LogP contribution < -0.4 is 0 Å². The molecule has 0 aliphatic carbocycles. The number of aldehydes is 1. The summed E-state index contributed by atoms with van der Waals surface area (Å²) in [6, 6.07) is 5.99. The minimum absolute atomic E-state index is 0.175. The summed E-state index contributed by atoms with van der Waals surface area (Å²) < 4.78 is 18.6. The molecule has 0 heterocycles. The third-order valence-corrected chi connectivity index (χ3v) is 2.21. The molecule has 1 aromatic carbocycles. The molecule has 1 rings (SSSR count). The highest BCUT2D eigenvalue weighted by Crippen LogP contribution is 2.21. The Hall–Kier alpha value is -1.71. The average Bonchev–Trinajstić information content (AvgIpc) is 2.27. The van der Waals surface area contributed by atoms with Gasteiger partial charge in [-0.05, 0) is 38.5 Å². The van der Waals surface area contributed by atoms with Gasteiger partial charge in [0.1, 0.15) is 18.1 Å². The molecule has 0 spiro atoms. The van der Waals surface area contributed by atoms with Gasteiger partial charge in [-0.1, -0.05) is 12.1 Å². The van der Waals surface area contributed by atoms with Gasteiger partial charge in [0.2, 0.25) is 0 Å². The van der Waals surface area contributed by atoms with E-state index in [1.54, 1.807) is 20.8 Å². The first-order valence-electron chi connectivity index (χ1n) is 5.74. The van der Waals surface area contributed by atoms with Crippen LogP contribution in [0.4, 0.5) is 4.39 Å². The zero-order valence-electron chi connectivity index (χ0n) is 10.8. The summed E-state index contributed by atoms with van der Waals surface area (Å²) in [4.78, 5) is 21.9. The molecule has 0 bridgehead atoms. The van der Waals surface area contributed by atoms with Gasteiger partial charge in [0.05, 0.1) is 5.56 Å². The Labute approximate surface area is 106 Å². The Bertz CT molecular complexity index is 418. The summed E-state index contributed by atoms with van der Waals surface area (Å²) in [5, 5.41) is 0. The van der Waals surface area contributed by atoms with Crippen molar-refractivity contribution in [2.24, 2.45) is 0 Å². The van der Waals surface area contributed by atoms with Crippen molar-refractivity contribution in [1.82, 2.24) is 0 Å². The van der Waals surface area contributed by atoms with Crippen molar-refractivity contribution in [3.05, 3.63) is 35.4 Å². The quantitative estimate of drug-likeness (QED) is 0.610. The Morgan fingerprint density at radius 3 is 2.33 bits per heavy atom. The van der Waals surface area contributed by atoms with Crippen molar-refractivity contribution in [2.45, 2.75) is 39.0 Å². The van der Waals surface area contributed by atoms with Crippen molar-refractivity contribution in [2.75, 3.05) is 0 Å². The molecule has 4 heteroatoms. The van der Waals surface area contributed by atoms with Crippen LogP contribution >= 0.6 is 0 Å². The average molecular weight is 252 g/mol. The maximum absolute atomic E-state index is 13.4. The maximum atomic E-state index is 13.4. The first-order valence-corrected chi connectivity index (χ1v) is 5.74. The van der Waals surface area contributed by atoms with E-state index in [0.717, 1.165) is 0 Å². The molecule has 0 saturated heterocycles. The highest BCUT2D eigenvalue weighted by molar-refractivity contribution is 5.89. The van der Waals surface area contributed by atoms with Crippen LogP contribution in [-0.2, 0) is 9.53 Å². The van der Waals surface area contributed by atoms with E-state index < -0.39 is 17.7 Å². The number of halogens is 1. The standard InChI is InChI=1S/C14H17FO3/c1-14(2,3)18-13(17)11-6-4-10(5-7-11)12(15)8-9-16/h4-7,9,12H,8H2,1-3H3. The molecule has 1 unspecified atom stereocenters. The maximum Gasteiger partial charge on any atom is 0.338 e. The van der Waals surface area contributed by atoms with Crippen molar-refractivity contribution in [3.8, 4) is 0 Å². The van der Waals surface area contributed by atoms with Crippen molar-refractivity contribution in [3.63, 3.8) is 0 Å². The van der Waals surface area contributed by atoms with Gasteiger partial charge in [0.25, 0.3) is 0 Å². The lowest BCUT2D eigenvalue weighted by atomic mass is 10.1. The van der Waals surface area contributed by atoms with Crippen molar-refractivity contribution in [1.29, 1.82) is 0 Å². The van der Waals surface area contributed by atoms with Crippen molar-refractivity contribution >= 4 is 12.3 Å². The molecule has 18 heavy (non-hydrogen) atoms.